The molecule has 0 spiro atoms. The van der Waals surface area contributed by atoms with E-state index in [1.807, 2.05) is 6.07 Å². The fraction of sp³-hybridized carbons (Fsp3) is 0.538. The molecule has 19 heavy (non-hydrogen) atoms. The van der Waals surface area contributed by atoms with Gasteiger partial charge in [-0.05, 0) is 24.8 Å². The van der Waals surface area contributed by atoms with Crippen LogP contribution in [0.3, 0.4) is 0 Å². The normalized spacial score (nSPS) is 23.1. The average Bonchev–Trinajstić information content (AvgIpc) is 2.38. The predicted molar refractivity (Wildman–Crippen MR) is 78.2 cm³/mol. The first-order chi connectivity index (χ1) is 9.08. The average molecular weight is 281 g/mol. The number of nitrogens with one attached hydrogen (secondary N) is 1. The van der Waals surface area contributed by atoms with Gasteiger partial charge in [-0.1, -0.05) is 19.8 Å². The number of rotatable bonds is 4. The lowest BCUT2D eigenvalue weighted by Gasteiger charge is -2.26. The van der Waals surface area contributed by atoms with E-state index in [0.29, 0.717) is 10.9 Å². The summed E-state index contributed by atoms with van der Waals surface area (Å²) in [7, 11) is 0. The van der Waals surface area contributed by atoms with E-state index in [0.717, 1.165) is 10.8 Å². The molecule has 0 aromatic heterocycles. The van der Waals surface area contributed by atoms with Crippen molar-refractivity contribution in [3.8, 4) is 0 Å². The second-order valence-corrected chi connectivity index (χ2v) is 6.50. The number of nitrogens with two attached hydrogens (primary N) is 1. The molecule has 1 saturated carbocycles. The Labute approximate surface area is 117 Å². The van der Waals surface area contributed by atoms with E-state index in [4.69, 9.17) is 5.84 Å². The molecule has 2 unspecified atom stereocenters. The Bertz CT molecular complexity index is 467. The smallest absolute Gasteiger partial charge is 0.272 e. The summed E-state index contributed by atoms with van der Waals surface area (Å²) in [4.78, 5) is 11.4. The maximum absolute atomic E-state index is 10.9. The highest BCUT2D eigenvalue weighted by molar-refractivity contribution is 8.00. The Hall–Kier alpha value is -1.27. The molecular weight excluding hydrogens is 262 g/mol. The maximum Gasteiger partial charge on any atom is 0.272 e. The van der Waals surface area contributed by atoms with Crippen LogP contribution in [-0.4, -0.2) is 10.2 Å². The molecule has 0 bridgehead atoms. The van der Waals surface area contributed by atoms with Crippen molar-refractivity contribution in [3.63, 3.8) is 0 Å². The molecule has 0 saturated heterocycles. The number of thioether (sulfide) groups is 1. The number of hydrogen-bond donors (Lipinski definition) is 2. The number of hydrazine groups is 1. The van der Waals surface area contributed by atoms with Crippen LogP contribution < -0.4 is 11.3 Å². The zero-order valence-corrected chi connectivity index (χ0v) is 11.8. The molecule has 0 aliphatic heterocycles. The van der Waals surface area contributed by atoms with Gasteiger partial charge in [0, 0.05) is 22.3 Å². The summed E-state index contributed by atoms with van der Waals surface area (Å²) in [6.45, 7) is 2.27. The summed E-state index contributed by atoms with van der Waals surface area (Å²) < 4.78 is 0. The number of non-ortho nitro benzene ring substituents is 1. The third-order valence-electron chi connectivity index (χ3n) is 3.46. The predicted octanol–water partition coefficient (Wildman–Crippen LogP) is 3.55. The zero-order valence-electron chi connectivity index (χ0n) is 11.0. The lowest BCUT2D eigenvalue weighted by atomic mass is 9.91. The quantitative estimate of drug-likeness (QED) is 0.501. The number of nitrogen functional groups attached to an aromatic ring is 1. The maximum atomic E-state index is 10.9. The van der Waals surface area contributed by atoms with Gasteiger partial charge < -0.3 is 5.43 Å². The molecule has 1 aromatic carbocycles. The number of nitro groups is 1. The minimum Gasteiger partial charge on any atom is -0.324 e. The number of benzene rings is 1. The van der Waals surface area contributed by atoms with Gasteiger partial charge in [0.05, 0.1) is 10.6 Å². The van der Waals surface area contributed by atoms with Crippen molar-refractivity contribution in [3.05, 3.63) is 28.3 Å². The van der Waals surface area contributed by atoms with Crippen LogP contribution in [0.2, 0.25) is 0 Å². The highest BCUT2D eigenvalue weighted by Gasteiger charge is 2.21. The van der Waals surface area contributed by atoms with Gasteiger partial charge in [-0.25, -0.2) is 0 Å². The topological polar surface area (TPSA) is 81.2 Å². The van der Waals surface area contributed by atoms with Gasteiger partial charge in [0.15, 0.2) is 0 Å². The number of nitro benzene ring substituents is 1. The summed E-state index contributed by atoms with van der Waals surface area (Å²) in [5.41, 5.74) is 3.16. The van der Waals surface area contributed by atoms with Crippen LogP contribution in [0.1, 0.15) is 32.6 Å². The van der Waals surface area contributed by atoms with Crippen LogP contribution in [0.15, 0.2) is 23.1 Å². The van der Waals surface area contributed by atoms with Gasteiger partial charge in [-0.15, -0.1) is 11.8 Å². The van der Waals surface area contributed by atoms with Crippen molar-refractivity contribution < 1.29 is 4.92 Å². The van der Waals surface area contributed by atoms with Crippen molar-refractivity contribution in [2.24, 2.45) is 11.8 Å². The molecule has 1 fully saturated rings. The second kappa shape index (κ2) is 6.25. The molecule has 3 N–H and O–H groups in total. The van der Waals surface area contributed by atoms with E-state index in [9.17, 15) is 10.1 Å². The molecule has 5 nitrogen and oxygen atoms in total. The largest absolute Gasteiger partial charge is 0.324 e. The Balaban J connectivity index is 2.14. The highest BCUT2D eigenvalue weighted by atomic mass is 32.2. The zero-order chi connectivity index (χ0) is 13.8. The number of anilines is 1. The Morgan fingerprint density at radius 2 is 2.21 bits per heavy atom. The molecule has 104 valence electrons. The summed E-state index contributed by atoms with van der Waals surface area (Å²) in [6.07, 6.45) is 4.90. The van der Waals surface area contributed by atoms with Crippen LogP contribution in [0.25, 0.3) is 0 Å². The van der Waals surface area contributed by atoms with E-state index in [1.54, 1.807) is 17.8 Å². The van der Waals surface area contributed by atoms with Crippen molar-refractivity contribution in [2.75, 3.05) is 5.43 Å². The molecule has 1 aromatic rings. The van der Waals surface area contributed by atoms with E-state index in [1.165, 1.54) is 31.7 Å². The highest BCUT2D eigenvalue weighted by Crippen LogP contribution is 2.38. The SMILES string of the molecule is CC1CCCC(Sc2cc(NN)cc([N+](=O)[O-])c2)C1. The summed E-state index contributed by atoms with van der Waals surface area (Å²) in [5, 5.41) is 11.4. The first-order valence-electron chi connectivity index (χ1n) is 6.51. The molecule has 2 rings (SSSR count). The van der Waals surface area contributed by atoms with Crippen molar-refractivity contribution in [1.82, 2.24) is 0 Å². The van der Waals surface area contributed by atoms with Crippen molar-refractivity contribution in [1.29, 1.82) is 0 Å². The van der Waals surface area contributed by atoms with Crippen LogP contribution in [0, 0.1) is 16.0 Å². The van der Waals surface area contributed by atoms with E-state index < -0.39 is 0 Å². The molecule has 1 aliphatic rings. The van der Waals surface area contributed by atoms with Gasteiger partial charge in [-0.2, -0.15) is 0 Å². The first kappa shape index (κ1) is 14.1. The van der Waals surface area contributed by atoms with Crippen molar-refractivity contribution in [2.45, 2.75) is 42.8 Å². The molecule has 2 atom stereocenters. The molecular formula is C13H19N3O2S. The van der Waals surface area contributed by atoms with Crippen LogP contribution in [-0.2, 0) is 0 Å². The molecule has 0 radical (unpaired) electrons. The van der Waals surface area contributed by atoms with Gasteiger partial charge >= 0.3 is 0 Å². The fourth-order valence-electron chi connectivity index (χ4n) is 2.52. The van der Waals surface area contributed by atoms with E-state index >= 15 is 0 Å². The van der Waals surface area contributed by atoms with Crippen LogP contribution >= 0.6 is 11.8 Å². The molecule has 1 aliphatic carbocycles. The minimum atomic E-state index is -0.381. The molecule has 6 heteroatoms. The summed E-state index contributed by atoms with van der Waals surface area (Å²) >= 11 is 1.73. The van der Waals surface area contributed by atoms with E-state index in [2.05, 4.69) is 12.3 Å². The van der Waals surface area contributed by atoms with Crippen LogP contribution in [0.5, 0.6) is 0 Å². The Morgan fingerprint density at radius 3 is 2.84 bits per heavy atom. The minimum absolute atomic E-state index is 0.0850. The van der Waals surface area contributed by atoms with Gasteiger partial charge in [0.2, 0.25) is 0 Å². The number of nitrogens with zero attached hydrogens (tertiary/aromatic N) is 1. The lowest BCUT2D eigenvalue weighted by molar-refractivity contribution is -0.385. The Kier molecular flexibility index (Phi) is 4.66. The number of hydrogen-bond acceptors (Lipinski definition) is 5. The third-order valence-corrected chi connectivity index (χ3v) is 4.73. The monoisotopic (exact) mass is 281 g/mol. The first-order valence-corrected chi connectivity index (χ1v) is 7.39. The Morgan fingerprint density at radius 1 is 1.42 bits per heavy atom. The van der Waals surface area contributed by atoms with Gasteiger partial charge in [0.1, 0.15) is 0 Å². The summed E-state index contributed by atoms with van der Waals surface area (Å²) in [5.74, 6) is 6.11. The van der Waals surface area contributed by atoms with Gasteiger partial charge in [-0.3, -0.25) is 16.0 Å². The summed E-state index contributed by atoms with van der Waals surface area (Å²) in [6, 6.07) is 4.95. The second-order valence-electron chi connectivity index (χ2n) is 5.13. The lowest BCUT2D eigenvalue weighted by Crippen LogP contribution is -2.15. The van der Waals surface area contributed by atoms with Crippen LogP contribution in [0.4, 0.5) is 11.4 Å². The fourth-order valence-corrected chi connectivity index (χ4v) is 4.00. The van der Waals surface area contributed by atoms with Crippen molar-refractivity contribution >= 4 is 23.1 Å². The van der Waals surface area contributed by atoms with E-state index in [-0.39, 0.29) is 10.6 Å². The van der Waals surface area contributed by atoms with Gasteiger partial charge in [0.25, 0.3) is 5.69 Å². The standard InChI is InChI=1S/C13H19N3O2S/c1-9-3-2-4-12(5-9)19-13-7-10(15-14)6-11(8-13)16(17)18/h6-9,12,15H,2-5,14H2,1H3. The molecule has 0 heterocycles. The molecule has 0 amide bonds. The third kappa shape index (κ3) is 3.84.